The Morgan fingerprint density at radius 1 is 1.08 bits per heavy atom. The first-order valence-corrected chi connectivity index (χ1v) is 15.8. The number of aldehydes is 1. The van der Waals surface area contributed by atoms with Gasteiger partial charge in [-0.25, -0.2) is 15.6 Å². The van der Waals surface area contributed by atoms with Gasteiger partial charge < -0.3 is 29.7 Å². The fraction of sp³-hybridized carbons (Fsp3) is 0.314. The standard InChI is InChI=1S/C35H41N7O8/c1-5-8-31-38-32(35(3,4)45)30(20-43)40(31)19-24-15-17-27(18-16-24)28-9-6-7-10-29(28)33(36)39-41(37)23(2)50-34(44)48-21-25-11-13-26(14-12-25)22-49-42(46)47/h6-7,9-18,20,23,45H,5,8,19,21-22,37H2,1-4H3,(H2,36,39). The van der Waals surface area contributed by atoms with Crippen LogP contribution in [0.1, 0.15) is 78.4 Å². The Labute approximate surface area is 289 Å². The fourth-order valence-electron chi connectivity index (χ4n) is 5.09. The maximum atomic E-state index is 12.3. The lowest BCUT2D eigenvalue weighted by Crippen LogP contribution is -2.40. The zero-order valence-corrected chi connectivity index (χ0v) is 28.3. The molecule has 50 heavy (non-hydrogen) atoms. The van der Waals surface area contributed by atoms with E-state index < -0.39 is 23.1 Å². The number of aryl methyl sites for hydroxylation is 1. The highest BCUT2D eigenvalue weighted by Gasteiger charge is 2.27. The third-order valence-corrected chi connectivity index (χ3v) is 7.64. The number of nitrogens with two attached hydrogens (primary N) is 2. The van der Waals surface area contributed by atoms with Crippen LogP contribution in [0.2, 0.25) is 0 Å². The van der Waals surface area contributed by atoms with Gasteiger partial charge >= 0.3 is 6.16 Å². The Kier molecular flexibility index (Phi) is 12.2. The van der Waals surface area contributed by atoms with Crippen molar-refractivity contribution in [2.75, 3.05) is 0 Å². The molecule has 0 bridgehead atoms. The molecule has 0 fully saturated rings. The monoisotopic (exact) mass is 687 g/mol. The minimum atomic E-state index is -1.26. The van der Waals surface area contributed by atoms with Gasteiger partial charge in [0, 0.05) is 18.5 Å². The van der Waals surface area contributed by atoms with Crippen LogP contribution in [0.4, 0.5) is 4.79 Å². The summed E-state index contributed by atoms with van der Waals surface area (Å²) in [5.41, 5.74) is 10.2. The number of hydrazone groups is 1. The predicted molar refractivity (Wildman–Crippen MR) is 184 cm³/mol. The number of amidine groups is 1. The Morgan fingerprint density at radius 3 is 2.30 bits per heavy atom. The second-order valence-corrected chi connectivity index (χ2v) is 12.0. The highest BCUT2D eigenvalue weighted by atomic mass is 16.9. The molecule has 5 N–H and O–H groups in total. The maximum Gasteiger partial charge on any atom is 0.510 e. The summed E-state index contributed by atoms with van der Waals surface area (Å²) in [4.78, 5) is 43.7. The number of ether oxygens (including phenoxy) is 2. The number of carbonyl (C=O) groups is 2. The number of carbonyl (C=O) groups excluding carboxylic acids is 2. The summed E-state index contributed by atoms with van der Waals surface area (Å²) < 4.78 is 12.2. The predicted octanol–water partition coefficient (Wildman–Crippen LogP) is 4.79. The molecule has 0 aliphatic rings. The van der Waals surface area contributed by atoms with E-state index in [1.165, 1.54) is 6.92 Å². The van der Waals surface area contributed by atoms with Gasteiger partial charge in [0.15, 0.2) is 12.1 Å². The van der Waals surface area contributed by atoms with E-state index in [4.69, 9.17) is 21.1 Å². The SMILES string of the molecule is CCCc1nc(C(C)(C)O)c(C=O)n1Cc1ccc(-c2ccccc2/C(N)=N/N(N)C(C)OC(=O)OCc2ccc(CO[N+](=O)[O-])cc2)cc1. The topological polar surface area (TPSA) is 211 Å². The van der Waals surface area contributed by atoms with Crippen LogP contribution in [0.3, 0.4) is 0 Å². The van der Waals surface area contributed by atoms with Crippen LogP contribution < -0.4 is 11.6 Å². The average Bonchev–Trinajstić information content (AvgIpc) is 3.44. The van der Waals surface area contributed by atoms with Crippen molar-refractivity contribution in [1.82, 2.24) is 14.7 Å². The van der Waals surface area contributed by atoms with E-state index in [-0.39, 0.29) is 19.0 Å². The number of hydrogen-bond acceptors (Lipinski definition) is 12. The zero-order chi connectivity index (χ0) is 36.4. The number of hydrogen-bond donors (Lipinski definition) is 3. The van der Waals surface area contributed by atoms with Crippen molar-refractivity contribution in [2.24, 2.45) is 16.7 Å². The first-order chi connectivity index (χ1) is 23.8. The summed E-state index contributed by atoms with van der Waals surface area (Å²) in [6, 6.07) is 21.6. The molecule has 264 valence electrons. The van der Waals surface area contributed by atoms with E-state index in [2.05, 4.69) is 14.9 Å². The molecular weight excluding hydrogens is 646 g/mol. The molecule has 1 atom stereocenters. The molecule has 0 aliphatic carbocycles. The normalized spacial score (nSPS) is 12.2. The third kappa shape index (κ3) is 9.64. The van der Waals surface area contributed by atoms with Crippen LogP contribution in [-0.4, -0.2) is 49.4 Å². The van der Waals surface area contributed by atoms with Gasteiger partial charge in [0.25, 0.3) is 5.09 Å². The highest BCUT2D eigenvalue weighted by Crippen LogP contribution is 2.27. The molecular formula is C35H41N7O8. The van der Waals surface area contributed by atoms with Crippen molar-refractivity contribution >= 4 is 18.3 Å². The van der Waals surface area contributed by atoms with Crippen LogP contribution in [-0.2, 0) is 46.1 Å². The second kappa shape index (κ2) is 16.5. The summed E-state index contributed by atoms with van der Waals surface area (Å²) in [5, 5.41) is 25.2. The smallest absolute Gasteiger partial charge is 0.429 e. The van der Waals surface area contributed by atoms with Crippen LogP contribution in [0.25, 0.3) is 11.1 Å². The molecule has 4 rings (SSSR count). The van der Waals surface area contributed by atoms with Gasteiger partial charge in [-0.2, -0.15) is 5.12 Å². The second-order valence-electron chi connectivity index (χ2n) is 12.0. The van der Waals surface area contributed by atoms with Crippen LogP contribution in [0.5, 0.6) is 0 Å². The molecule has 0 spiro atoms. The Hall–Kier alpha value is -5.80. The summed E-state index contributed by atoms with van der Waals surface area (Å²) in [7, 11) is 0. The van der Waals surface area contributed by atoms with Crippen molar-refractivity contribution in [1.29, 1.82) is 0 Å². The van der Waals surface area contributed by atoms with E-state index in [9.17, 15) is 24.8 Å². The van der Waals surface area contributed by atoms with Crippen LogP contribution >= 0.6 is 0 Å². The molecule has 0 radical (unpaired) electrons. The minimum absolute atomic E-state index is 0.0783. The Bertz CT molecular complexity index is 1820. The van der Waals surface area contributed by atoms with Crippen molar-refractivity contribution in [3.8, 4) is 11.1 Å². The van der Waals surface area contributed by atoms with Crippen LogP contribution in [0.15, 0.2) is 77.9 Å². The molecule has 3 aromatic carbocycles. The van der Waals surface area contributed by atoms with Gasteiger partial charge in [-0.1, -0.05) is 79.7 Å². The molecule has 1 unspecified atom stereocenters. The van der Waals surface area contributed by atoms with Gasteiger partial charge in [-0.05, 0) is 55.0 Å². The first-order valence-electron chi connectivity index (χ1n) is 15.8. The van der Waals surface area contributed by atoms with E-state index in [0.717, 1.165) is 40.3 Å². The molecule has 1 heterocycles. The molecule has 0 saturated carbocycles. The van der Waals surface area contributed by atoms with Gasteiger partial charge in [-0.3, -0.25) is 4.79 Å². The third-order valence-electron chi connectivity index (χ3n) is 7.64. The lowest BCUT2D eigenvalue weighted by atomic mass is 9.98. The number of aliphatic hydroxyl groups is 1. The molecule has 0 saturated heterocycles. The van der Waals surface area contributed by atoms with Gasteiger partial charge in [-0.15, -0.1) is 15.2 Å². The number of hydrazine groups is 1. The quantitative estimate of drug-likeness (QED) is 0.0212. The summed E-state index contributed by atoms with van der Waals surface area (Å²) >= 11 is 0. The number of imidazole rings is 1. The van der Waals surface area contributed by atoms with E-state index in [0.29, 0.717) is 41.0 Å². The molecule has 15 heteroatoms. The zero-order valence-electron chi connectivity index (χ0n) is 28.3. The highest BCUT2D eigenvalue weighted by molar-refractivity contribution is 6.03. The van der Waals surface area contributed by atoms with Gasteiger partial charge in [0.1, 0.15) is 36.0 Å². The molecule has 4 aromatic rings. The fourth-order valence-corrected chi connectivity index (χ4v) is 5.09. The number of rotatable bonds is 16. The van der Waals surface area contributed by atoms with Gasteiger partial charge in [0.05, 0.1) is 0 Å². The summed E-state index contributed by atoms with van der Waals surface area (Å²) in [6.45, 7) is 6.86. The van der Waals surface area contributed by atoms with Gasteiger partial charge in [0.2, 0.25) is 6.23 Å². The average molecular weight is 688 g/mol. The minimum Gasteiger partial charge on any atom is -0.429 e. The van der Waals surface area contributed by atoms with E-state index in [1.807, 2.05) is 54.0 Å². The largest absolute Gasteiger partial charge is 0.510 e. The molecule has 0 amide bonds. The van der Waals surface area contributed by atoms with Crippen molar-refractivity contribution in [3.63, 3.8) is 0 Å². The summed E-state index contributed by atoms with van der Waals surface area (Å²) in [6.07, 6.45) is 0.203. The molecule has 1 aromatic heterocycles. The lowest BCUT2D eigenvalue weighted by molar-refractivity contribution is -0.763. The van der Waals surface area contributed by atoms with Crippen molar-refractivity contribution in [2.45, 2.75) is 72.1 Å². The Morgan fingerprint density at radius 2 is 1.70 bits per heavy atom. The molecule has 0 aliphatic heterocycles. The lowest BCUT2D eigenvalue weighted by Gasteiger charge is -2.21. The number of aromatic nitrogens is 2. The van der Waals surface area contributed by atoms with Crippen molar-refractivity contribution < 1.29 is 34.1 Å². The molecule has 15 nitrogen and oxygen atoms in total. The van der Waals surface area contributed by atoms with E-state index in [1.54, 1.807) is 44.2 Å². The van der Waals surface area contributed by atoms with Crippen molar-refractivity contribution in [3.05, 3.63) is 122 Å². The number of benzene rings is 3. The number of nitrogens with zero attached hydrogens (tertiary/aromatic N) is 5. The Balaban J connectivity index is 1.41. The van der Waals surface area contributed by atoms with E-state index >= 15 is 0 Å². The van der Waals surface area contributed by atoms with Crippen LogP contribution in [0, 0.1) is 10.1 Å². The maximum absolute atomic E-state index is 12.3. The first kappa shape index (κ1) is 37.0. The summed E-state index contributed by atoms with van der Waals surface area (Å²) in [5.74, 6) is 6.88.